The van der Waals surface area contributed by atoms with Crippen LogP contribution in [0.2, 0.25) is 0 Å². The Kier molecular flexibility index (Phi) is 3.12. The SMILES string of the molecule is CC(C)CCNC(=O)C1CC1C. The van der Waals surface area contributed by atoms with E-state index in [1.807, 2.05) is 0 Å². The van der Waals surface area contributed by atoms with Gasteiger partial charge in [0.15, 0.2) is 0 Å². The third-order valence-corrected chi connectivity index (χ3v) is 2.47. The molecule has 0 radical (unpaired) electrons. The van der Waals surface area contributed by atoms with E-state index in [-0.39, 0.29) is 5.91 Å². The molecule has 2 unspecified atom stereocenters. The fourth-order valence-electron chi connectivity index (χ4n) is 1.30. The van der Waals surface area contributed by atoms with E-state index >= 15 is 0 Å². The van der Waals surface area contributed by atoms with Gasteiger partial charge in [-0.2, -0.15) is 0 Å². The van der Waals surface area contributed by atoms with Crippen LogP contribution in [0.1, 0.15) is 33.6 Å². The third-order valence-electron chi connectivity index (χ3n) is 2.47. The van der Waals surface area contributed by atoms with Crippen LogP contribution in [0.3, 0.4) is 0 Å². The average Bonchev–Trinajstić information content (AvgIpc) is 2.66. The fourth-order valence-corrected chi connectivity index (χ4v) is 1.30. The number of carbonyl (C=O) groups excluding carboxylic acids is 1. The van der Waals surface area contributed by atoms with E-state index in [0.717, 1.165) is 19.4 Å². The molecular formula is C10H19NO. The maximum Gasteiger partial charge on any atom is 0.223 e. The highest BCUT2D eigenvalue weighted by Gasteiger charge is 2.38. The molecule has 1 amide bonds. The summed E-state index contributed by atoms with van der Waals surface area (Å²) < 4.78 is 0. The summed E-state index contributed by atoms with van der Waals surface area (Å²) in [5.41, 5.74) is 0. The van der Waals surface area contributed by atoms with Crippen LogP contribution in [0, 0.1) is 17.8 Å². The Hall–Kier alpha value is -0.530. The Labute approximate surface area is 74.7 Å². The first kappa shape index (κ1) is 9.56. The normalized spacial score (nSPS) is 27.3. The molecule has 1 saturated carbocycles. The van der Waals surface area contributed by atoms with Gasteiger partial charge in [0.25, 0.3) is 0 Å². The van der Waals surface area contributed by atoms with Crippen molar-refractivity contribution >= 4 is 5.91 Å². The van der Waals surface area contributed by atoms with E-state index in [4.69, 9.17) is 0 Å². The van der Waals surface area contributed by atoms with Gasteiger partial charge >= 0.3 is 0 Å². The number of rotatable bonds is 4. The largest absolute Gasteiger partial charge is 0.356 e. The van der Waals surface area contributed by atoms with Gasteiger partial charge in [-0.1, -0.05) is 20.8 Å². The highest BCUT2D eigenvalue weighted by Crippen LogP contribution is 2.37. The van der Waals surface area contributed by atoms with Crippen LogP contribution in [0.25, 0.3) is 0 Å². The van der Waals surface area contributed by atoms with Crippen molar-refractivity contribution in [2.24, 2.45) is 17.8 Å². The van der Waals surface area contributed by atoms with Crippen LogP contribution < -0.4 is 5.32 Å². The van der Waals surface area contributed by atoms with E-state index in [1.165, 1.54) is 0 Å². The summed E-state index contributed by atoms with van der Waals surface area (Å²) in [6.45, 7) is 7.32. The molecule has 0 heterocycles. The molecule has 2 heteroatoms. The summed E-state index contributed by atoms with van der Waals surface area (Å²) in [6.07, 6.45) is 2.18. The van der Waals surface area contributed by atoms with E-state index in [0.29, 0.717) is 17.8 Å². The van der Waals surface area contributed by atoms with Gasteiger partial charge in [0.2, 0.25) is 5.91 Å². The zero-order valence-corrected chi connectivity index (χ0v) is 8.26. The van der Waals surface area contributed by atoms with Gasteiger partial charge in [-0.05, 0) is 24.7 Å². The van der Waals surface area contributed by atoms with Crippen LogP contribution in [0.15, 0.2) is 0 Å². The smallest absolute Gasteiger partial charge is 0.223 e. The highest BCUT2D eigenvalue weighted by atomic mass is 16.2. The van der Waals surface area contributed by atoms with E-state index in [1.54, 1.807) is 0 Å². The summed E-state index contributed by atoms with van der Waals surface area (Å²) >= 11 is 0. The maximum absolute atomic E-state index is 11.3. The minimum Gasteiger partial charge on any atom is -0.356 e. The minimum atomic E-state index is 0.267. The molecule has 2 atom stereocenters. The fraction of sp³-hybridized carbons (Fsp3) is 0.900. The Morgan fingerprint density at radius 3 is 2.58 bits per heavy atom. The van der Waals surface area contributed by atoms with Gasteiger partial charge in [0.05, 0.1) is 0 Å². The molecule has 0 bridgehead atoms. The second-order valence-electron chi connectivity index (χ2n) is 4.29. The lowest BCUT2D eigenvalue weighted by atomic mass is 10.1. The van der Waals surface area contributed by atoms with Crippen molar-refractivity contribution in [2.45, 2.75) is 33.6 Å². The second-order valence-corrected chi connectivity index (χ2v) is 4.29. The quantitative estimate of drug-likeness (QED) is 0.683. The molecule has 0 saturated heterocycles. The summed E-state index contributed by atoms with van der Waals surface area (Å²) in [6, 6.07) is 0. The van der Waals surface area contributed by atoms with E-state index in [2.05, 4.69) is 26.1 Å². The van der Waals surface area contributed by atoms with Gasteiger partial charge < -0.3 is 5.32 Å². The Morgan fingerprint density at radius 1 is 1.58 bits per heavy atom. The van der Waals surface area contributed by atoms with Gasteiger partial charge in [0, 0.05) is 12.5 Å². The van der Waals surface area contributed by atoms with E-state index in [9.17, 15) is 4.79 Å². The highest BCUT2D eigenvalue weighted by molar-refractivity contribution is 5.81. The van der Waals surface area contributed by atoms with Crippen molar-refractivity contribution in [1.29, 1.82) is 0 Å². The molecule has 70 valence electrons. The zero-order valence-electron chi connectivity index (χ0n) is 8.26. The first-order valence-electron chi connectivity index (χ1n) is 4.89. The summed E-state index contributed by atoms with van der Waals surface area (Å²) in [4.78, 5) is 11.3. The molecule has 1 N–H and O–H groups in total. The van der Waals surface area contributed by atoms with Crippen LogP contribution in [-0.4, -0.2) is 12.5 Å². The number of nitrogens with one attached hydrogen (secondary N) is 1. The van der Waals surface area contributed by atoms with Crippen molar-refractivity contribution in [2.75, 3.05) is 6.54 Å². The summed E-state index contributed by atoms with van der Waals surface area (Å²) in [7, 11) is 0. The van der Waals surface area contributed by atoms with Crippen molar-refractivity contribution < 1.29 is 4.79 Å². The topological polar surface area (TPSA) is 29.1 Å². The van der Waals surface area contributed by atoms with Gasteiger partial charge in [-0.25, -0.2) is 0 Å². The molecule has 1 fully saturated rings. The van der Waals surface area contributed by atoms with Gasteiger partial charge in [-0.15, -0.1) is 0 Å². The van der Waals surface area contributed by atoms with E-state index < -0.39 is 0 Å². The van der Waals surface area contributed by atoms with Gasteiger partial charge in [-0.3, -0.25) is 4.79 Å². The predicted molar refractivity (Wildman–Crippen MR) is 49.7 cm³/mol. The third kappa shape index (κ3) is 2.84. The molecule has 0 aromatic rings. The lowest BCUT2D eigenvalue weighted by Gasteiger charge is -2.06. The van der Waals surface area contributed by atoms with Gasteiger partial charge in [0.1, 0.15) is 0 Å². The first-order valence-corrected chi connectivity index (χ1v) is 4.89. The lowest BCUT2D eigenvalue weighted by Crippen LogP contribution is -2.27. The van der Waals surface area contributed by atoms with Crippen molar-refractivity contribution in [3.05, 3.63) is 0 Å². The summed E-state index contributed by atoms with van der Waals surface area (Å²) in [5, 5.41) is 2.97. The number of hydrogen-bond donors (Lipinski definition) is 1. The molecule has 0 aromatic carbocycles. The molecule has 1 rings (SSSR count). The summed E-state index contributed by atoms with van der Waals surface area (Å²) in [5.74, 6) is 1.91. The van der Waals surface area contributed by atoms with Crippen LogP contribution in [0.4, 0.5) is 0 Å². The predicted octanol–water partition coefficient (Wildman–Crippen LogP) is 1.80. The second kappa shape index (κ2) is 3.92. The number of carbonyl (C=O) groups is 1. The molecule has 0 aliphatic heterocycles. The minimum absolute atomic E-state index is 0.267. The molecule has 2 nitrogen and oxygen atoms in total. The average molecular weight is 169 g/mol. The maximum atomic E-state index is 11.3. The molecule has 1 aliphatic carbocycles. The van der Waals surface area contributed by atoms with Crippen molar-refractivity contribution in [1.82, 2.24) is 5.32 Å². The molecular weight excluding hydrogens is 150 g/mol. The Morgan fingerprint density at radius 2 is 2.17 bits per heavy atom. The van der Waals surface area contributed by atoms with Crippen LogP contribution >= 0.6 is 0 Å². The number of hydrogen-bond acceptors (Lipinski definition) is 1. The molecule has 0 aromatic heterocycles. The molecule has 0 spiro atoms. The first-order chi connectivity index (χ1) is 5.61. The van der Waals surface area contributed by atoms with Crippen LogP contribution in [0.5, 0.6) is 0 Å². The Bertz CT molecular complexity index is 165. The van der Waals surface area contributed by atoms with Crippen molar-refractivity contribution in [3.63, 3.8) is 0 Å². The van der Waals surface area contributed by atoms with Crippen LogP contribution in [-0.2, 0) is 4.79 Å². The van der Waals surface area contributed by atoms with Crippen molar-refractivity contribution in [3.8, 4) is 0 Å². The lowest BCUT2D eigenvalue weighted by molar-refractivity contribution is -0.122. The molecule has 12 heavy (non-hydrogen) atoms. The monoisotopic (exact) mass is 169 g/mol. The Balaban J connectivity index is 2.03. The molecule has 1 aliphatic rings. The standard InChI is InChI=1S/C10H19NO/c1-7(2)4-5-11-10(12)9-6-8(9)3/h7-9H,4-6H2,1-3H3,(H,11,12). The zero-order chi connectivity index (χ0) is 9.14. The number of amides is 1.